The van der Waals surface area contributed by atoms with Crippen molar-refractivity contribution < 1.29 is 9.59 Å². The third kappa shape index (κ3) is 2.20. The molecule has 0 radical (unpaired) electrons. The number of nitrogens with one attached hydrogen (secondary N) is 1. The molecule has 1 unspecified atom stereocenters. The summed E-state index contributed by atoms with van der Waals surface area (Å²) in [5, 5.41) is 0. The van der Waals surface area contributed by atoms with Gasteiger partial charge < -0.3 is 4.90 Å². The fraction of sp³-hybridized carbons (Fsp3) is 0.714. The maximum Gasteiger partial charge on any atom is 0.234 e. The van der Waals surface area contributed by atoms with Crippen LogP contribution in [0, 0.1) is 5.92 Å². The maximum absolute atomic E-state index is 10.8. The van der Waals surface area contributed by atoms with E-state index in [0.717, 1.165) is 19.4 Å². The second-order valence-corrected chi connectivity index (χ2v) is 3.03. The molecule has 0 aliphatic carbocycles. The van der Waals surface area contributed by atoms with Crippen molar-refractivity contribution in [1.82, 2.24) is 10.3 Å². The van der Waals surface area contributed by atoms with Crippen LogP contribution in [0.5, 0.6) is 0 Å². The molecule has 1 aliphatic heterocycles. The van der Waals surface area contributed by atoms with Crippen LogP contribution in [0.3, 0.4) is 0 Å². The molecule has 2 amide bonds. The number of likely N-dealkylation sites (tertiary alicyclic amines) is 1. The number of carbonyl (C=O) groups excluding carboxylic acids is 2. The van der Waals surface area contributed by atoms with E-state index in [9.17, 15) is 9.59 Å². The first-order chi connectivity index (χ1) is 5.76. The van der Waals surface area contributed by atoms with E-state index < -0.39 is 0 Å². The molecule has 3 N–H and O–H groups in total. The van der Waals surface area contributed by atoms with Gasteiger partial charge in [0.15, 0.2) is 0 Å². The lowest BCUT2D eigenvalue weighted by molar-refractivity contribution is -0.122. The van der Waals surface area contributed by atoms with Gasteiger partial charge in [-0.25, -0.2) is 5.84 Å². The molecule has 1 atom stereocenters. The van der Waals surface area contributed by atoms with Crippen LogP contribution in [-0.2, 0) is 9.59 Å². The van der Waals surface area contributed by atoms with E-state index in [0.29, 0.717) is 13.0 Å². The van der Waals surface area contributed by atoms with Crippen LogP contribution in [0.25, 0.3) is 0 Å². The van der Waals surface area contributed by atoms with Crippen molar-refractivity contribution in [1.29, 1.82) is 0 Å². The zero-order chi connectivity index (χ0) is 8.97. The third-order valence-corrected chi connectivity index (χ3v) is 2.10. The summed E-state index contributed by atoms with van der Waals surface area (Å²) >= 11 is 0. The van der Waals surface area contributed by atoms with Gasteiger partial charge in [0.25, 0.3) is 0 Å². The summed E-state index contributed by atoms with van der Waals surface area (Å²) in [5.74, 6) is 5.05. The predicted molar refractivity (Wildman–Crippen MR) is 42.7 cm³/mol. The van der Waals surface area contributed by atoms with Gasteiger partial charge in [-0.15, -0.1) is 0 Å². The Morgan fingerprint density at radius 2 is 2.50 bits per heavy atom. The van der Waals surface area contributed by atoms with Crippen LogP contribution < -0.4 is 11.3 Å². The van der Waals surface area contributed by atoms with Gasteiger partial charge in [0.1, 0.15) is 0 Å². The van der Waals surface area contributed by atoms with E-state index in [4.69, 9.17) is 5.84 Å². The first-order valence-electron chi connectivity index (χ1n) is 3.95. The molecule has 1 heterocycles. The van der Waals surface area contributed by atoms with Crippen LogP contribution in [0.2, 0.25) is 0 Å². The summed E-state index contributed by atoms with van der Waals surface area (Å²) in [4.78, 5) is 22.8. The fourth-order valence-corrected chi connectivity index (χ4v) is 1.45. The Kier molecular flexibility index (Phi) is 3.04. The zero-order valence-electron chi connectivity index (χ0n) is 6.82. The lowest BCUT2D eigenvalue weighted by atomic mass is 10.1. The van der Waals surface area contributed by atoms with Gasteiger partial charge >= 0.3 is 0 Å². The summed E-state index contributed by atoms with van der Waals surface area (Å²) in [5.41, 5.74) is 2.08. The standard InChI is InChI=1S/C7H13N3O2/c8-9-7(12)3-6-1-2-10(4-6)5-11/h5-6H,1-4,8H2,(H,9,12). The molecular weight excluding hydrogens is 158 g/mol. The summed E-state index contributed by atoms with van der Waals surface area (Å²) < 4.78 is 0. The van der Waals surface area contributed by atoms with Gasteiger partial charge in [-0.2, -0.15) is 0 Å². The summed E-state index contributed by atoms with van der Waals surface area (Å²) in [6.07, 6.45) is 2.13. The smallest absolute Gasteiger partial charge is 0.234 e. The zero-order valence-corrected chi connectivity index (χ0v) is 6.82. The summed E-state index contributed by atoms with van der Waals surface area (Å²) in [7, 11) is 0. The van der Waals surface area contributed by atoms with Crippen LogP contribution in [0.4, 0.5) is 0 Å². The van der Waals surface area contributed by atoms with E-state index in [1.165, 1.54) is 0 Å². The first-order valence-corrected chi connectivity index (χ1v) is 3.95. The van der Waals surface area contributed by atoms with Crippen LogP contribution in [-0.4, -0.2) is 30.3 Å². The third-order valence-electron chi connectivity index (χ3n) is 2.10. The number of carbonyl (C=O) groups is 2. The molecular formula is C7H13N3O2. The highest BCUT2D eigenvalue weighted by Crippen LogP contribution is 2.17. The van der Waals surface area contributed by atoms with Crippen molar-refractivity contribution in [3.63, 3.8) is 0 Å². The van der Waals surface area contributed by atoms with Gasteiger partial charge in [0, 0.05) is 19.5 Å². The number of amides is 2. The van der Waals surface area contributed by atoms with Gasteiger partial charge in [-0.3, -0.25) is 15.0 Å². The molecule has 68 valence electrons. The Balaban J connectivity index is 2.27. The molecule has 0 aromatic rings. The molecule has 0 spiro atoms. The van der Waals surface area contributed by atoms with Gasteiger partial charge in [0.2, 0.25) is 12.3 Å². The van der Waals surface area contributed by atoms with Crippen molar-refractivity contribution in [2.75, 3.05) is 13.1 Å². The molecule has 1 saturated heterocycles. The van der Waals surface area contributed by atoms with Crippen molar-refractivity contribution in [2.24, 2.45) is 11.8 Å². The number of rotatable bonds is 3. The topological polar surface area (TPSA) is 75.4 Å². The first kappa shape index (κ1) is 8.99. The van der Waals surface area contributed by atoms with Gasteiger partial charge in [-0.1, -0.05) is 0 Å². The highest BCUT2D eigenvalue weighted by molar-refractivity contribution is 5.75. The largest absolute Gasteiger partial charge is 0.345 e. The summed E-state index contributed by atoms with van der Waals surface area (Å²) in [6.45, 7) is 1.43. The van der Waals surface area contributed by atoms with Crippen molar-refractivity contribution in [3.8, 4) is 0 Å². The Morgan fingerprint density at radius 3 is 3.00 bits per heavy atom. The van der Waals surface area contributed by atoms with Crippen LogP contribution in [0.15, 0.2) is 0 Å². The molecule has 0 aromatic carbocycles. The minimum Gasteiger partial charge on any atom is -0.345 e. The number of hydrogen-bond donors (Lipinski definition) is 2. The Morgan fingerprint density at radius 1 is 1.75 bits per heavy atom. The minimum absolute atomic E-state index is 0.159. The quantitative estimate of drug-likeness (QED) is 0.243. The molecule has 0 aromatic heterocycles. The van der Waals surface area contributed by atoms with Crippen molar-refractivity contribution in [2.45, 2.75) is 12.8 Å². The Bertz CT molecular complexity index is 183. The average molecular weight is 171 g/mol. The highest BCUT2D eigenvalue weighted by Gasteiger charge is 2.22. The molecule has 0 bridgehead atoms. The Hall–Kier alpha value is -1.10. The molecule has 1 fully saturated rings. The van der Waals surface area contributed by atoms with Gasteiger partial charge in [-0.05, 0) is 12.3 Å². The monoisotopic (exact) mass is 171 g/mol. The number of nitrogens with zero attached hydrogens (tertiary/aromatic N) is 1. The lowest BCUT2D eigenvalue weighted by Crippen LogP contribution is -2.32. The fourth-order valence-electron chi connectivity index (χ4n) is 1.45. The van der Waals surface area contributed by atoms with E-state index in [2.05, 4.69) is 5.43 Å². The SMILES string of the molecule is NNC(=O)CC1CCN(C=O)C1. The number of hydrogen-bond acceptors (Lipinski definition) is 3. The highest BCUT2D eigenvalue weighted by atomic mass is 16.2. The molecule has 1 aliphatic rings. The number of hydrazine groups is 1. The second-order valence-electron chi connectivity index (χ2n) is 3.03. The van der Waals surface area contributed by atoms with Gasteiger partial charge in [0.05, 0.1) is 0 Å². The van der Waals surface area contributed by atoms with E-state index in [-0.39, 0.29) is 11.8 Å². The van der Waals surface area contributed by atoms with E-state index in [1.807, 2.05) is 0 Å². The van der Waals surface area contributed by atoms with Crippen LogP contribution in [0.1, 0.15) is 12.8 Å². The minimum atomic E-state index is -0.159. The summed E-state index contributed by atoms with van der Waals surface area (Å²) in [6, 6.07) is 0. The average Bonchev–Trinajstić information content (AvgIpc) is 2.52. The molecule has 1 rings (SSSR count). The normalized spacial score (nSPS) is 22.4. The van der Waals surface area contributed by atoms with E-state index in [1.54, 1.807) is 4.90 Å². The lowest BCUT2D eigenvalue weighted by Gasteiger charge is -2.08. The molecule has 5 heteroatoms. The maximum atomic E-state index is 10.8. The van der Waals surface area contributed by atoms with Crippen molar-refractivity contribution in [3.05, 3.63) is 0 Å². The van der Waals surface area contributed by atoms with Crippen molar-refractivity contribution >= 4 is 12.3 Å². The predicted octanol–water partition coefficient (Wildman–Crippen LogP) is -1.16. The Labute approximate surface area is 70.9 Å². The molecule has 12 heavy (non-hydrogen) atoms. The molecule has 5 nitrogen and oxygen atoms in total. The second kappa shape index (κ2) is 4.06. The number of nitrogens with two attached hydrogens (primary N) is 1. The van der Waals surface area contributed by atoms with Crippen LogP contribution >= 0.6 is 0 Å². The van der Waals surface area contributed by atoms with E-state index >= 15 is 0 Å². The molecule has 0 saturated carbocycles.